The minimum atomic E-state index is -1.26. The van der Waals surface area contributed by atoms with Gasteiger partial charge in [0.15, 0.2) is 0 Å². The minimum absolute atomic E-state index is 0.0310. The summed E-state index contributed by atoms with van der Waals surface area (Å²) in [6.07, 6.45) is 0.508. The second kappa shape index (κ2) is 8.85. The second-order valence-corrected chi connectivity index (χ2v) is 8.36. The molecule has 1 N–H and O–H groups in total. The van der Waals surface area contributed by atoms with Crippen molar-refractivity contribution in [3.05, 3.63) is 29.8 Å². The molecule has 0 aromatic heterocycles. The highest BCUT2D eigenvalue weighted by Gasteiger charge is 2.54. The molecule has 8 nitrogen and oxygen atoms in total. The van der Waals surface area contributed by atoms with E-state index in [1.165, 1.54) is 9.80 Å². The third kappa shape index (κ3) is 4.32. The zero-order valence-corrected chi connectivity index (χ0v) is 17.8. The summed E-state index contributed by atoms with van der Waals surface area (Å²) in [5.74, 6) is -0.154. The molecule has 4 amide bonds. The summed E-state index contributed by atoms with van der Waals surface area (Å²) in [6, 6.07) is 6.94. The zero-order valence-electron chi connectivity index (χ0n) is 17.8. The Morgan fingerprint density at radius 3 is 2.50 bits per heavy atom. The van der Waals surface area contributed by atoms with E-state index >= 15 is 0 Å². The number of hydrogen-bond donors (Lipinski definition) is 1. The molecule has 30 heavy (non-hydrogen) atoms. The number of carbonyl (C=O) groups is 4. The first-order valence-electron chi connectivity index (χ1n) is 10.3. The molecule has 2 aliphatic rings. The van der Waals surface area contributed by atoms with Crippen LogP contribution < -0.4 is 10.1 Å². The quantitative estimate of drug-likeness (QED) is 0.673. The first-order valence-corrected chi connectivity index (χ1v) is 10.3. The topological polar surface area (TPSA) is 96.0 Å². The molecular weight excluding hydrogens is 386 g/mol. The second-order valence-electron chi connectivity index (χ2n) is 8.36. The van der Waals surface area contributed by atoms with Gasteiger partial charge < -0.3 is 15.0 Å². The number of carbonyl (C=O) groups excluding carboxylic acids is 4. The number of ether oxygens (including phenoxy) is 1. The molecule has 0 saturated carbocycles. The maximum absolute atomic E-state index is 13.5. The monoisotopic (exact) mass is 415 g/mol. The van der Waals surface area contributed by atoms with Crippen molar-refractivity contribution in [2.75, 3.05) is 33.3 Å². The molecule has 0 unspecified atom stereocenters. The first-order chi connectivity index (χ1) is 14.3. The molecule has 2 fully saturated rings. The maximum Gasteiger partial charge on any atom is 0.240 e. The van der Waals surface area contributed by atoms with E-state index in [9.17, 15) is 19.2 Å². The number of imide groups is 1. The van der Waals surface area contributed by atoms with Gasteiger partial charge in [0.25, 0.3) is 0 Å². The lowest BCUT2D eigenvalue weighted by molar-refractivity contribution is -0.144. The molecule has 3 rings (SSSR count). The van der Waals surface area contributed by atoms with Gasteiger partial charge in [0, 0.05) is 32.5 Å². The molecular formula is C22H29N3O5. The van der Waals surface area contributed by atoms with Crippen molar-refractivity contribution in [3.63, 3.8) is 0 Å². The summed E-state index contributed by atoms with van der Waals surface area (Å²) in [4.78, 5) is 53.8. The number of nitrogens with zero attached hydrogens (tertiary/aromatic N) is 2. The fourth-order valence-corrected chi connectivity index (χ4v) is 4.01. The number of piperazine rings is 1. The summed E-state index contributed by atoms with van der Waals surface area (Å²) < 4.78 is 5.20. The number of likely N-dealkylation sites (tertiary alicyclic amines) is 1. The largest absolute Gasteiger partial charge is 0.497 e. The Hall–Kier alpha value is -2.90. The van der Waals surface area contributed by atoms with Crippen LogP contribution in [0, 0.1) is 5.92 Å². The van der Waals surface area contributed by atoms with E-state index in [0.717, 1.165) is 0 Å². The average molecular weight is 415 g/mol. The number of amides is 4. The Bertz CT molecular complexity index is 836. The molecule has 8 heteroatoms. The van der Waals surface area contributed by atoms with Crippen molar-refractivity contribution in [1.82, 2.24) is 15.1 Å². The molecule has 1 atom stereocenters. The molecule has 0 spiro atoms. The van der Waals surface area contributed by atoms with Crippen LogP contribution >= 0.6 is 0 Å². The van der Waals surface area contributed by atoms with Gasteiger partial charge in [-0.05, 0) is 30.0 Å². The van der Waals surface area contributed by atoms with Crippen molar-refractivity contribution in [3.8, 4) is 5.75 Å². The number of hydrogen-bond acceptors (Lipinski definition) is 5. The van der Waals surface area contributed by atoms with E-state index < -0.39 is 5.41 Å². The highest BCUT2D eigenvalue weighted by Crippen LogP contribution is 2.41. The predicted molar refractivity (Wildman–Crippen MR) is 110 cm³/mol. The summed E-state index contributed by atoms with van der Waals surface area (Å²) >= 11 is 0. The maximum atomic E-state index is 13.5. The molecule has 0 aliphatic carbocycles. The van der Waals surface area contributed by atoms with E-state index in [-0.39, 0.29) is 43.0 Å². The van der Waals surface area contributed by atoms with Gasteiger partial charge in [-0.15, -0.1) is 0 Å². The third-order valence-electron chi connectivity index (χ3n) is 5.83. The van der Waals surface area contributed by atoms with Gasteiger partial charge in [0.05, 0.1) is 19.1 Å². The molecule has 2 aliphatic heterocycles. The molecule has 2 saturated heterocycles. The number of benzene rings is 1. The summed E-state index contributed by atoms with van der Waals surface area (Å²) in [5, 5.41) is 2.69. The average Bonchev–Trinajstić information content (AvgIpc) is 2.96. The van der Waals surface area contributed by atoms with Gasteiger partial charge >= 0.3 is 0 Å². The van der Waals surface area contributed by atoms with Crippen LogP contribution in [0.1, 0.15) is 38.7 Å². The highest BCUT2D eigenvalue weighted by atomic mass is 16.5. The zero-order chi connectivity index (χ0) is 21.9. The fourth-order valence-electron chi connectivity index (χ4n) is 4.01. The predicted octanol–water partition coefficient (Wildman–Crippen LogP) is 1.09. The lowest BCUT2D eigenvalue weighted by Gasteiger charge is -2.32. The Morgan fingerprint density at radius 1 is 1.20 bits per heavy atom. The molecule has 162 valence electrons. The van der Waals surface area contributed by atoms with Crippen LogP contribution in [-0.4, -0.2) is 66.7 Å². The van der Waals surface area contributed by atoms with Crippen molar-refractivity contribution in [1.29, 1.82) is 0 Å². The van der Waals surface area contributed by atoms with E-state index in [1.54, 1.807) is 31.4 Å². The van der Waals surface area contributed by atoms with Crippen molar-refractivity contribution in [2.45, 2.75) is 38.5 Å². The van der Waals surface area contributed by atoms with Crippen LogP contribution in [0.25, 0.3) is 0 Å². The third-order valence-corrected chi connectivity index (χ3v) is 5.83. The van der Waals surface area contributed by atoms with Gasteiger partial charge in [0.1, 0.15) is 5.75 Å². The van der Waals surface area contributed by atoms with Gasteiger partial charge in [-0.1, -0.05) is 26.0 Å². The molecule has 1 aromatic rings. The standard InChI is InChI=1S/C22H29N3O5/c1-15(2)8-10-25-20(28)13-22(21(25)29,16-4-6-17(30-3)7-5-16)12-19(27)24-11-9-23-18(26)14-24/h4-7,15H,8-14H2,1-3H3,(H,23,26)/t22-/m1/s1. The Labute approximate surface area is 176 Å². The van der Waals surface area contributed by atoms with Gasteiger partial charge in [-0.2, -0.15) is 0 Å². The van der Waals surface area contributed by atoms with Crippen molar-refractivity contribution < 1.29 is 23.9 Å². The van der Waals surface area contributed by atoms with Crippen LogP contribution in [0.2, 0.25) is 0 Å². The Morgan fingerprint density at radius 2 is 1.90 bits per heavy atom. The smallest absolute Gasteiger partial charge is 0.240 e. The van der Waals surface area contributed by atoms with E-state index in [1.807, 2.05) is 13.8 Å². The van der Waals surface area contributed by atoms with Gasteiger partial charge in [-0.3, -0.25) is 24.1 Å². The molecule has 1 aromatic carbocycles. The SMILES string of the molecule is COc1ccc([C@@]2(CC(=O)N3CCNC(=O)C3)CC(=O)N(CCC(C)C)C2=O)cc1. The molecule has 2 heterocycles. The fraction of sp³-hybridized carbons (Fsp3) is 0.545. The number of rotatable bonds is 7. The van der Waals surface area contributed by atoms with Gasteiger partial charge in [0.2, 0.25) is 23.6 Å². The number of methoxy groups -OCH3 is 1. The van der Waals surface area contributed by atoms with Crippen molar-refractivity contribution in [2.24, 2.45) is 5.92 Å². The van der Waals surface area contributed by atoms with Crippen LogP contribution in [0.5, 0.6) is 5.75 Å². The van der Waals surface area contributed by atoms with Crippen LogP contribution in [0.15, 0.2) is 24.3 Å². The molecule has 0 bridgehead atoms. The Kier molecular flexibility index (Phi) is 6.43. The Balaban J connectivity index is 1.92. The van der Waals surface area contributed by atoms with E-state index in [4.69, 9.17) is 4.74 Å². The normalized spacial score (nSPS) is 21.9. The lowest BCUT2D eigenvalue weighted by Crippen LogP contribution is -2.52. The van der Waals surface area contributed by atoms with Crippen LogP contribution in [-0.2, 0) is 24.6 Å². The van der Waals surface area contributed by atoms with Crippen LogP contribution in [0.4, 0.5) is 0 Å². The molecule has 0 radical (unpaired) electrons. The lowest BCUT2D eigenvalue weighted by atomic mass is 9.75. The van der Waals surface area contributed by atoms with E-state index in [2.05, 4.69) is 5.32 Å². The summed E-state index contributed by atoms with van der Waals surface area (Å²) in [7, 11) is 1.55. The van der Waals surface area contributed by atoms with E-state index in [0.29, 0.717) is 43.3 Å². The summed E-state index contributed by atoms with van der Waals surface area (Å²) in [6.45, 7) is 5.15. The number of nitrogens with one attached hydrogen (secondary N) is 1. The summed E-state index contributed by atoms with van der Waals surface area (Å²) in [5.41, 5.74) is -0.644. The minimum Gasteiger partial charge on any atom is -0.497 e. The van der Waals surface area contributed by atoms with Crippen LogP contribution in [0.3, 0.4) is 0 Å². The highest BCUT2D eigenvalue weighted by molar-refractivity contribution is 6.10. The first kappa shape index (κ1) is 21.8. The van der Waals surface area contributed by atoms with Crippen molar-refractivity contribution >= 4 is 23.6 Å². The van der Waals surface area contributed by atoms with Gasteiger partial charge in [-0.25, -0.2) is 0 Å².